The third kappa shape index (κ3) is 2.52. The lowest BCUT2D eigenvalue weighted by Gasteiger charge is -2.12. The third-order valence-corrected chi connectivity index (χ3v) is 4.87. The van der Waals surface area contributed by atoms with E-state index in [0.29, 0.717) is 17.6 Å². The smallest absolute Gasteiger partial charge is 0.338 e. The molecule has 1 aromatic heterocycles. The van der Waals surface area contributed by atoms with Gasteiger partial charge in [-0.25, -0.2) is 4.98 Å². The fraction of sp³-hybridized carbons (Fsp3) is 0.385. The van der Waals surface area contributed by atoms with Gasteiger partial charge < -0.3 is 9.88 Å². The number of carbonyl (C=O) groups is 1. The lowest BCUT2D eigenvalue weighted by molar-refractivity contribution is -0.384. The number of benzene rings is 1. The number of hydrogen-bond donors (Lipinski definition) is 1. The van der Waals surface area contributed by atoms with Crippen LogP contribution >= 0.6 is 15.9 Å². The molecule has 128 valence electrons. The van der Waals surface area contributed by atoms with Crippen molar-refractivity contribution >= 4 is 38.6 Å². The summed E-state index contributed by atoms with van der Waals surface area (Å²) in [5.41, 5.74) is 0.909. The van der Waals surface area contributed by atoms with Crippen molar-refractivity contribution in [3.63, 3.8) is 0 Å². The number of amides is 1. The van der Waals surface area contributed by atoms with E-state index in [1.165, 1.54) is 0 Å². The average Bonchev–Trinajstić information content (AvgIpc) is 2.99. The standard InChI is InChI=1S/C13H10BrF3N4O3/c1-5-4-7-9(10(8(5)14)21(23)24)19-11-6(2-3-20(7)11)18-12(22)13(15,16)17/h4,6H,2-3H2,1H3,(H,18,22)/t6-/m0/s1. The Balaban J connectivity index is 2.10. The van der Waals surface area contributed by atoms with Gasteiger partial charge in [-0.3, -0.25) is 14.9 Å². The number of nitro benzene ring substituents is 1. The van der Waals surface area contributed by atoms with E-state index in [0.717, 1.165) is 0 Å². The molecule has 0 saturated heterocycles. The van der Waals surface area contributed by atoms with Crippen LogP contribution < -0.4 is 5.32 Å². The maximum absolute atomic E-state index is 12.4. The number of aromatic nitrogens is 2. The molecule has 0 aliphatic carbocycles. The van der Waals surface area contributed by atoms with Crippen LogP contribution in [0.3, 0.4) is 0 Å². The first kappa shape index (κ1) is 16.7. The number of halogens is 4. The molecule has 0 fully saturated rings. The van der Waals surface area contributed by atoms with Crippen LogP contribution in [0.4, 0.5) is 18.9 Å². The number of fused-ring (bicyclic) bond motifs is 3. The molecule has 0 unspecified atom stereocenters. The van der Waals surface area contributed by atoms with Crippen LogP contribution in [0.1, 0.15) is 23.9 Å². The third-order valence-electron chi connectivity index (χ3n) is 3.87. The summed E-state index contributed by atoms with van der Waals surface area (Å²) in [4.78, 5) is 26.0. The summed E-state index contributed by atoms with van der Waals surface area (Å²) in [5, 5.41) is 13.2. The summed E-state index contributed by atoms with van der Waals surface area (Å²) in [6, 6.07) is 0.738. The van der Waals surface area contributed by atoms with E-state index < -0.39 is 23.0 Å². The van der Waals surface area contributed by atoms with Gasteiger partial charge in [-0.1, -0.05) is 0 Å². The second-order valence-electron chi connectivity index (χ2n) is 5.42. The molecule has 1 aliphatic heterocycles. The molecule has 1 atom stereocenters. The monoisotopic (exact) mass is 406 g/mol. The Morgan fingerprint density at radius 2 is 2.21 bits per heavy atom. The number of imidazole rings is 1. The second kappa shape index (κ2) is 5.43. The van der Waals surface area contributed by atoms with Crippen LogP contribution in [0, 0.1) is 17.0 Å². The molecule has 7 nitrogen and oxygen atoms in total. The minimum atomic E-state index is -4.99. The van der Waals surface area contributed by atoms with Crippen molar-refractivity contribution in [3.05, 3.63) is 32.0 Å². The quantitative estimate of drug-likeness (QED) is 0.612. The van der Waals surface area contributed by atoms with Gasteiger partial charge in [0.2, 0.25) is 0 Å². The van der Waals surface area contributed by atoms with Crippen LogP contribution in [0.5, 0.6) is 0 Å². The molecule has 0 spiro atoms. The summed E-state index contributed by atoms with van der Waals surface area (Å²) < 4.78 is 39.1. The fourth-order valence-electron chi connectivity index (χ4n) is 2.79. The highest BCUT2D eigenvalue weighted by molar-refractivity contribution is 9.10. The Hall–Kier alpha value is -2.17. The van der Waals surface area contributed by atoms with Gasteiger partial charge in [0.05, 0.1) is 16.5 Å². The molecule has 3 rings (SSSR count). The van der Waals surface area contributed by atoms with E-state index in [-0.39, 0.29) is 27.9 Å². The summed E-state index contributed by atoms with van der Waals surface area (Å²) >= 11 is 3.15. The van der Waals surface area contributed by atoms with Gasteiger partial charge in [0.25, 0.3) is 0 Å². The van der Waals surface area contributed by atoms with Crippen molar-refractivity contribution in [1.29, 1.82) is 0 Å². The number of rotatable bonds is 2. The lowest BCUT2D eigenvalue weighted by Crippen LogP contribution is -2.38. The lowest BCUT2D eigenvalue weighted by atomic mass is 10.2. The van der Waals surface area contributed by atoms with Crippen molar-refractivity contribution in [1.82, 2.24) is 14.9 Å². The molecule has 0 saturated carbocycles. The number of nitrogens with zero attached hydrogens (tertiary/aromatic N) is 3. The Bertz CT molecular complexity index is 878. The molecule has 11 heteroatoms. The van der Waals surface area contributed by atoms with Gasteiger partial charge in [-0.2, -0.15) is 13.2 Å². The zero-order valence-corrected chi connectivity index (χ0v) is 13.7. The van der Waals surface area contributed by atoms with E-state index in [2.05, 4.69) is 20.9 Å². The molecule has 2 heterocycles. The Labute approximate surface area is 141 Å². The zero-order valence-electron chi connectivity index (χ0n) is 12.1. The van der Waals surface area contributed by atoms with Crippen molar-refractivity contribution in [2.75, 3.05) is 0 Å². The summed E-state index contributed by atoms with van der Waals surface area (Å²) in [6.45, 7) is 1.99. The van der Waals surface area contributed by atoms with Crippen LogP contribution in [0.25, 0.3) is 11.0 Å². The van der Waals surface area contributed by atoms with Gasteiger partial charge in [0, 0.05) is 6.54 Å². The minimum Gasteiger partial charge on any atom is -0.338 e. The first-order chi connectivity index (χ1) is 11.1. The number of nitrogens with one attached hydrogen (secondary N) is 1. The first-order valence-corrected chi connectivity index (χ1v) is 7.62. The van der Waals surface area contributed by atoms with Crippen molar-refractivity contribution in [2.45, 2.75) is 32.1 Å². The maximum atomic E-state index is 12.4. The molecule has 1 aromatic carbocycles. The summed E-state index contributed by atoms with van der Waals surface area (Å²) in [5.74, 6) is -1.87. The van der Waals surface area contributed by atoms with E-state index in [1.807, 2.05) is 5.32 Å². The minimum absolute atomic E-state index is 0.0819. The van der Waals surface area contributed by atoms with E-state index in [4.69, 9.17) is 0 Å². The summed E-state index contributed by atoms with van der Waals surface area (Å²) in [6.07, 6.45) is -4.76. The Kier molecular flexibility index (Phi) is 3.78. The molecule has 24 heavy (non-hydrogen) atoms. The fourth-order valence-corrected chi connectivity index (χ4v) is 3.24. The number of nitro groups is 1. The molecule has 0 radical (unpaired) electrons. The van der Waals surface area contributed by atoms with E-state index in [1.54, 1.807) is 17.6 Å². The topological polar surface area (TPSA) is 90.1 Å². The highest BCUT2D eigenvalue weighted by atomic mass is 79.9. The zero-order chi connectivity index (χ0) is 17.8. The number of carbonyl (C=O) groups excluding carboxylic acids is 1. The van der Waals surface area contributed by atoms with Crippen LogP contribution in [-0.2, 0) is 11.3 Å². The maximum Gasteiger partial charge on any atom is 0.471 e. The highest BCUT2D eigenvalue weighted by Crippen LogP contribution is 2.39. The molecule has 1 N–H and O–H groups in total. The van der Waals surface area contributed by atoms with E-state index in [9.17, 15) is 28.1 Å². The molecule has 1 aliphatic rings. The van der Waals surface area contributed by atoms with Crippen molar-refractivity contribution in [2.24, 2.45) is 0 Å². The largest absolute Gasteiger partial charge is 0.471 e. The number of hydrogen-bond acceptors (Lipinski definition) is 4. The normalized spacial score (nSPS) is 17.1. The van der Waals surface area contributed by atoms with Gasteiger partial charge in [0.15, 0.2) is 5.52 Å². The predicted molar refractivity (Wildman–Crippen MR) is 80.4 cm³/mol. The summed E-state index contributed by atoms with van der Waals surface area (Å²) in [7, 11) is 0. The van der Waals surface area contributed by atoms with Crippen molar-refractivity contribution < 1.29 is 22.9 Å². The molecular weight excluding hydrogens is 397 g/mol. The Morgan fingerprint density at radius 1 is 1.54 bits per heavy atom. The van der Waals surface area contributed by atoms with Gasteiger partial charge in [-0.15, -0.1) is 0 Å². The van der Waals surface area contributed by atoms with Gasteiger partial charge in [-0.05, 0) is 40.9 Å². The molecule has 2 aromatic rings. The van der Waals surface area contributed by atoms with Crippen LogP contribution in [0.2, 0.25) is 0 Å². The second-order valence-corrected chi connectivity index (χ2v) is 6.21. The molecular formula is C13H10BrF3N4O3. The molecule has 0 bridgehead atoms. The highest BCUT2D eigenvalue weighted by Gasteiger charge is 2.42. The SMILES string of the molecule is Cc1cc2c(nc3n2CC[C@@H]3NC(=O)C(F)(F)F)c([N+](=O)[O-])c1Br. The van der Waals surface area contributed by atoms with E-state index >= 15 is 0 Å². The Morgan fingerprint density at radius 3 is 2.79 bits per heavy atom. The molecule has 1 amide bonds. The van der Waals surface area contributed by atoms with Gasteiger partial charge >= 0.3 is 17.8 Å². The van der Waals surface area contributed by atoms with Crippen molar-refractivity contribution in [3.8, 4) is 0 Å². The van der Waals surface area contributed by atoms with Gasteiger partial charge in [0.1, 0.15) is 10.3 Å². The van der Waals surface area contributed by atoms with Crippen LogP contribution in [0.15, 0.2) is 10.5 Å². The first-order valence-electron chi connectivity index (χ1n) is 6.82. The number of alkyl halides is 3. The number of aryl methyl sites for hydroxylation is 2. The average molecular weight is 407 g/mol. The van der Waals surface area contributed by atoms with Crippen LogP contribution in [-0.4, -0.2) is 26.6 Å². The predicted octanol–water partition coefficient (Wildman–Crippen LogP) is 3.14.